The van der Waals surface area contributed by atoms with Crippen LogP contribution in [-0.2, 0) is 10.0 Å². The Morgan fingerprint density at radius 3 is 2.53 bits per heavy atom. The summed E-state index contributed by atoms with van der Waals surface area (Å²) < 4.78 is 28.0. The van der Waals surface area contributed by atoms with E-state index in [1.54, 1.807) is 30.3 Å². The van der Waals surface area contributed by atoms with Gasteiger partial charge in [-0.1, -0.05) is 24.6 Å². The van der Waals surface area contributed by atoms with Crippen molar-refractivity contribution >= 4 is 27.4 Å². The van der Waals surface area contributed by atoms with Crippen molar-refractivity contribution in [2.75, 3.05) is 35.8 Å². The van der Waals surface area contributed by atoms with Crippen LogP contribution in [-0.4, -0.2) is 51.5 Å². The molecule has 0 spiro atoms. The van der Waals surface area contributed by atoms with Crippen LogP contribution in [0.1, 0.15) is 36.2 Å². The molecule has 162 valence electrons. The van der Waals surface area contributed by atoms with Crippen LogP contribution in [0.2, 0.25) is 0 Å². The van der Waals surface area contributed by atoms with E-state index in [4.69, 9.17) is 0 Å². The SMILES string of the molecule is CCC(C)NC(=O)c1cc(NS(=O)(=O)c2ccc(C)cc2)cnc1N1CCNCC1. The number of nitrogens with zero attached hydrogens (tertiary/aromatic N) is 2. The number of aryl methyl sites for hydroxylation is 1. The quantitative estimate of drug-likeness (QED) is 0.621. The van der Waals surface area contributed by atoms with Crippen molar-refractivity contribution in [3.8, 4) is 0 Å². The third-order valence-corrected chi connectivity index (χ3v) is 6.50. The first-order valence-corrected chi connectivity index (χ1v) is 11.6. The Labute approximate surface area is 178 Å². The van der Waals surface area contributed by atoms with Crippen LogP contribution in [0, 0.1) is 6.92 Å². The van der Waals surface area contributed by atoms with Gasteiger partial charge in [0.05, 0.1) is 22.3 Å². The highest BCUT2D eigenvalue weighted by atomic mass is 32.2. The average Bonchev–Trinajstić information content (AvgIpc) is 2.74. The maximum Gasteiger partial charge on any atom is 0.261 e. The van der Waals surface area contributed by atoms with E-state index in [-0.39, 0.29) is 22.5 Å². The summed E-state index contributed by atoms with van der Waals surface area (Å²) in [4.78, 5) is 19.6. The second kappa shape index (κ2) is 9.44. The molecule has 9 heteroatoms. The lowest BCUT2D eigenvalue weighted by molar-refractivity contribution is 0.0939. The number of piperazine rings is 1. The first-order chi connectivity index (χ1) is 14.3. The lowest BCUT2D eigenvalue weighted by atomic mass is 10.1. The normalized spacial score (nSPS) is 15.5. The van der Waals surface area contributed by atoms with Crippen molar-refractivity contribution in [1.29, 1.82) is 0 Å². The van der Waals surface area contributed by atoms with E-state index in [1.165, 1.54) is 6.20 Å². The predicted molar refractivity (Wildman–Crippen MR) is 119 cm³/mol. The van der Waals surface area contributed by atoms with Crippen molar-refractivity contribution < 1.29 is 13.2 Å². The third-order valence-electron chi connectivity index (χ3n) is 5.10. The molecule has 1 amide bonds. The molecule has 1 saturated heterocycles. The molecule has 1 aliphatic rings. The average molecular weight is 432 g/mol. The van der Waals surface area contributed by atoms with E-state index < -0.39 is 10.0 Å². The number of carbonyl (C=O) groups excluding carboxylic acids is 1. The number of rotatable bonds is 7. The second-order valence-electron chi connectivity index (χ2n) is 7.53. The molecule has 2 heterocycles. The van der Waals surface area contributed by atoms with E-state index in [0.717, 1.165) is 38.2 Å². The summed E-state index contributed by atoms with van der Waals surface area (Å²) >= 11 is 0. The van der Waals surface area contributed by atoms with Gasteiger partial charge in [0, 0.05) is 32.2 Å². The number of sulfonamides is 1. The highest BCUT2D eigenvalue weighted by Crippen LogP contribution is 2.24. The Balaban J connectivity index is 1.92. The number of benzene rings is 1. The molecule has 3 rings (SSSR count). The Morgan fingerprint density at radius 2 is 1.90 bits per heavy atom. The van der Waals surface area contributed by atoms with Gasteiger partial charge in [-0.15, -0.1) is 0 Å². The van der Waals surface area contributed by atoms with Gasteiger partial charge in [0.25, 0.3) is 15.9 Å². The third kappa shape index (κ3) is 5.28. The Bertz CT molecular complexity index is 986. The number of pyridine rings is 1. The predicted octanol–water partition coefficient (Wildman–Crippen LogP) is 2.13. The topological polar surface area (TPSA) is 103 Å². The van der Waals surface area contributed by atoms with Crippen molar-refractivity contribution in [3.05, 3.63) is 47.7 Å². The van der Waals surface area contributed by atoms with Crippen molar-refractivity contribution in [1.82, 2.24) is 15.6 Å². The monoisotopic (exact) mass is 431 g/mol. The van der Waals surface area contributed by atoms with Gasteiger partial charge in [0.2, 0.25) is 0 Å². The van der Waals surface area contributed by atoms with Crippen LogP contribution in [0.3, 0.4) is 0 Å². The highest BCUT2D eigenvalue weighted by Gasteiger charge is 2.23. The molecular formula is C21H29N5O3S. The summed E-state index contributed by atoms with van der Waals surface area (Å²) in [6.07, 6.45) is 2.25. The fraction of sp³-hybridized carbons (Fsp3) is 0.429. The van der Waals surface area contributed by atoms with Crippen LogP contribution in [0.4, 0.5) is 11.5 Å². The Hall–Kier alpha value is -2.65. The van der Waals surface area contributed by atoms with Gasteiger partial charge < -0.3 is 15.5 Å². The number of hydrogen-bond acceptors (Lipinski definition) is 6. The van der Waals surface area contributed by atoms with Gasteiger partial charge in [-0.25, -0.2) is 13.4 Å². The summed E-state index contributed by atoms with van der Waals surface area (Å²) in [5.41, 5.74) is 1.59. The van der Waals surface area contributed by atoms with Gasteiger partial charge in [-0.3, -0.25) is 9.52 Å². The van der Waals surface area contributed by atoms with Gasteiger partial charge in [0.15, 0.2) is 0 Å². The van der Waals surface area contributed by atoms with E-state index >= 15 is 0 Å². The number of aromatic nitrogens is 1. The summed E-state index contributed by atoms with van der Waals surface area (Å²) in [6.45, 7) is 8.87. The minimum atomic E-state index is -3.78. The Morgan fingerprint density at radius 1 is 1.23 bits per heavy atom. The molecule has 1 fully saturated rings. The lowest BCUT2D eigenvalue weighted by Gasteiger charge is -2.30. The minimum Gasteiger partial charge on any atom is -0.353 e. The molecule has 0 bridgehead atoms. The molecule has 1 atom stereocenters. The number of carbonyl (C=O) groups is 1. The molecule has 8 nitrogen and oxygen atoms in total. The van der Waals surface area contributed by atoms with Crippen molar-refractivity contribution in [2.24, 2.45) is 0 Å². The molecule has 1 aliphatic heterocycles. The molecule has 1 aromatic heterocycles. The van der Waals surface area contributed by atoms with Gasteiger partial charge in [0.1, 0.15) is 5.82 Å². The fourth-order valence-electron chi connectivity index (χ4n) is 3.14. The maximum atomic E-state index is 12.9. The van der Waals surface area contributed by atoms with Crippen LogP contribution in [0.25, 0.3) is 0 Å². The van der Waals surface area contributed by atoms with Crippen LogP contribution >= 0.6 is 0 Å². The molecule has 0 radical (unpaired) electrons. The molecule has 2 aromatic rings. The number of amides is 1. The summed E-state index contributed by atoms with van der Waals surface area (Å²) in [5, 5.41) is 6.23. The maximum absolute atomic E-state index is 12.9. The molecule has 0 aliphatic carbocycles. The molecule has 1 unspecified atom stereocenters. The molecule has 0 saturated carbocycles. The summed E-state index contributed by atoms with van der Waals surface area (Å²) in [7, 11) is -3.78. The van der Waals surface area contributed by atoms with Gasteiger partial charge in [-0.2, -0.15) is 0 Å². The Kier molecular flexibility index (Phi) is 6.94. The molecule has 1 aromatic carbocycles. The zero-order valence-electron chi connectivity index (χ0n) is 17.6. The van der Waals surface area contributed by atoms with E-state index in [1.807, 2.05) is 25.7 Å². The zero-order chi connectivity index (χ0) is 21.7. The fourth-order valence-corrected chi connectivity index (χ4v) is 4.18. The van der Waals surface area contributed by atoms with E-state index in [0.29, 0.717) is 11.4 Å². The number of nitrogens with one attached hydrogen (secondary N) is 3. The minimum absolute atomic E-state index is 0.00118. The van der Waals surface area contributed by atoms with Crippen molar-refractivity contribution in [2.45, 2.75) is 38.1 Å². The van der Waals surface area contributed by atoms with E-state index in [2.05, 4.69) is 20.3 Å². The number of hydrogen-bond donors (Lipinski definition) is 3. The second-order valence-corrected chi connectivity index (χ2v) is 9.22. The van der Waals surface area contributed by atoms with Gasteiger partial charge in [-0.05, 0) is 38.5 Å². The largest absolute Gasteiger partial charge is 0.353 e. The van der Waals surface area contributed by atoms with Crippen LogP contribution in [0.5, 0.6) is 0 Å². The first-order valence-electron chi connectivity index (χ1n) is 10.2. The highest BCUT2D eigenvalue weighted by molar-refractivity contribution is 7.92. The van der Waals surface area contributed by atoms with Gasteiger partial charge >= 0.3 is 0 Å². The van der Waals surface area contributed by atoms with Crippen LogP contribution < -0.4 is 20.3 Å². The lowest BCUT2D eigenvalue weighted by Crippen LogP contribution is -2.45. The first kappa shape index (κ1) is 22.0. The van der Waals surface area contributed by atoms with Crippen molar-refractivity contribution in [3.63, 3.8) is 0 Å². The number of anilines is 2. The molecule has 30 heavy (non-hydrogen) atoms. The summed E-state index contributed by atoms with van der Waals surface area (Å²) in [5.74, 6) is 0.303. The molecule has 3 N–H and O–H groups in total. The zero-order valence-corrected chi connectivity index (χ0v) is 18.4. The summed E-state index contributed by atoms with van der Waals surface area (Å²) in [6, 6.07) is 8.15. The standard InChI is InChI=1S/C21H29N5O3S/c1-4-16(3)24-21(27)19-13-17(14-23-20(19)26-11-9-22-10-12-26)25-30(28,29)18-7-5-15(2)6-8-18/h5-8,13-14,16,22,25H,4,9-12H2,1-3H3,(H,24,27). The van der Waals surface area contributed by atoms with E-state index in [9.17, 15) is 13.2 Å². The smallest absolute Gasteiger partial charge is 0.261 e. The van der Waals surface area contributed by atoms with Crippen LogP contribution in [0.15, 0.2) is 41.4 Å². The molecular weight excluding hydrogens is 402 g/mol.